The predicted molar refractivity (Wildman–Crippen MR) is 139 cm³/mol. The van der Waals surface area contributed by atoms with Crippen LogP contribution in [0.5, 0.6) is 5.75 Å². The van der Waals surface area contributed by atoms with Gasteiger partial charge in [0.2, 0.25) is 11.8 Å². The SMILES string of the molecule is CN(Cc1ccccc1)C(=O)C[C@@]1(COc2ccccc2)CCCN(C(=O)CCC2CCCC2)C1. The molecule has 5 heteroatoms. The minimum atomic E-state index is -0.376. The average molecular weight is 477 g/mol. The summed E-state index contributed by atoms with van der Waals surface area (Å²) in [6.45, 7) is 2.40. The lowest BCUT2D eigenvalue weighted by Gasteiger charge is -2.43. The number of para-hydroxylation sites is 1. The Balaban J connectivity index is 1.42. The molecule has 2 aromatic rings. The molecule has 0 N–H and O–H groups in total. The van der Waals surface area contributed by atoms with E-state index in [0.29, 0.717) is 38.5 Å². The summed E-state index contributed by atoms with van der Waals surface area (Å²) < 4.78 is 6.21. The van der Waals surface area contributed by atoms with Crippen molar-refractivity contribution in [2.75, 3.05) is 26.7 Å². The highest BCUT2D eigenvalue weighted by Crippen LogP contribution is 2.36. The molecule has 0 radical (unpaired) electrons. The zero-order valence-corrected chi connectivity index (χ0v) is 21.2. The first-order chi connectivity index (χ1) is 17.0. The minimum absolute atomic E-state index is 0.103. The van der Waals surface area contributed by atoms with Gasteiger partial charge in [0.05, 0.1) is 6.61 Å². The lowest BCUT2D eigenvalue weighted by Crippen LogP contribution is -2.50. The second-order valence-corrected chi connectivity index (χ2v) is 10.6. The van der Waals surface area contributed by atoms with E-state index >= 15 is 0 Å². The number of nitrogens with zero attached hydrogens (tertiary/aromatic N) is 2. The third kappa shape index (κ3) is 7.33. The van der Waals surface area contributed by atoms with Crippen LogP contribution in [-0.2, 0) is 16.1 Å². The van der Waals surface area contributed by atoms with E-state index in [4.69, 9.17) is 4.74 Å². The Hall–Kier alpha value is -2.82. The molecule has 1 aliphatic carbocycles. The van der Waals surface area contributed by atoms with Crippen LogP contribution < -0.4 is 4.74 Å². The van der Waals surface area contributed by atoms with Crippen molar-refractivity contribution in [2.24, 2.45) is 11.3 Å². The number of ether oxygens (including phenoxy) is 1. The number of hydrogen-bond acceptors (Lipinski definition) is 3. The Bertz CT molecular complexity index is 943. The van der Waals surface area contributed by atoms with Gasteiger partial charge in [-0.25, -0.2) is 0 Å². The largest absolute Gasteiger partial charge is 0.493 e. The van der Waals surface area contributed by atoms with Crippen LogP contribution in [0.3, 0.4) is 0 Å². The fourth-order valence-corrected chi connectivity index (χ4v) is 5.67. The van der Waals surface area contributed by atoms with E-state index in [-0.39, 0.29) is 17.2 Å². The van der Waals surface area contributed by atoms with Gasteiger partial charge in [0.25, 0.3) is 0 Å². The fourth-order valence-electron chi connectivity index (χ4n) is 5.67. The van der Waals surface area contributed by atoms with E-state index in [9.17, 15) is 9.59 Å². The summed E-state index contributed by atoms with van der Waals surface area (Å²) >= 11 is 0. The maximum Gasteiger partial charge on any atom is 0.223 e. The van der Waals surface area contributed by atoms with Crippen LogP contribution in [0.25, 0.3) is 0 Å². The highest BCUT2D eigenvalue weighted by atomic mass is 16.5. The van der Waals surface area contributed by atoms with Crippen LogP contribution in [0.15, 0.2) is 60.7 Å². The normalized spacial score (nSPS) is 20.5. The summed E-state index contributed by atoms with van der Waals surface area (Å²) in [4.78, 5) is 30.4. The number of hydrogen-bond donors (Lipinski definition) is 0. The number of carbonyl (C=O) groups excluding carboxylic acids is 2. The van der Waals surface area contributed by atoms with Crippen molar-refractivity contribution in [3.05, 3.63) is 66.2 Å². The van der Waals surface area contributed by atoms with E-state index in [1.807, 2.05) is 72.6 Å². The number of likely N-dealkylation sites (tertiary alicyclic amines) is 1. The first-order valence-corrected chi connectivity index (χ1v) is 13.3. The maximum atomic E-state index is 13.4. The molecule has 0 aromatic heterocycles. The van der Waals surface area contributed by atoms with Gasteiger partial charge >= 0.3 is 0 Å². The van der Waals surface area contributed by atoms with Gasteiger partial charge in [0, 0.05) is 44.9 Å². The van der Waals surface area contributed by atoms with E-state index < -0.39 is 0 Å². The molecule has 1 saturated heterocycles. The van der Waals surface area contributed by atoms with Gasteiger partial charge in [-0.05, 0) is 42.9 Å². The molecule has 0 bridgehead atoms. The molecule has 0 unspecified atom stereocenters. The summed E-state index contributed by atoms with van der Waals surface area (Å²) in [5.74, 6) is 1.86. The van der Waals surface area contributed by atoms with Gasteiger partial charge in [-0.3, -0.25) is 9.59 Å². The topological polar surface area (TPSA) is 49.9 Å². The zero-order chi connectivity index (χ0) is 24.5. The molecule has 35 heavy (non-hydrogen) atoms. The summed E-state index contributed by atoms with van der Waals surface area (Å²) in [5, 5.41) is 0. The first kappa shape index (κ1) is 25.3. The van der Waals surface area contributed by atoms with Crippen molar-refractivity contribution in [2.45, 2.75) is 64.3 Å². The molecule has 2 aromatic carbocycles. The molecule has 2 fully saturated rings. The Morgan fingerprint density at radius 1 is 1.00 bits per heavy atom. The Morgan fingerprint density at radius 3 is 2.40 bits per heavy atom. The van der Waals surface area contributed by atoms with Crippen molar-refractivity contribution in [1.29, 1.82) is 0 Å². The average Bonchev–Trinajstić information content (AvgIpc) is 3.41. The molecule has 2 amide bonds. The number of piperidine rings is 1. The van der Waals surface area contributed by atoms with Crippen LogP contribution in [0, 0.1) is 11.3 Å². The van der Waals surface area contributed by atoms with Crippen molar-refractivity contribution < 1.29 is 14.3 Å². The van der Waals surface area contributed by atoms with E-state index in [1.165, 1.54) is 25.7 Å². The summed E-state index contributed by atoms with van der Waals surface area (Å²) in [5.41, 5.74) is 0.740. The van der Waals surface area contributed by atoms with Gasteiger partial charge in [0.1, 0.15) is 5.75 Å². The zero-order valence-electron chi connectivity index (χ0n) is 21.2. The molecule has 0 spiro atoms. The molecular formula is C30H40N2O3. The molecular weight excluding hydrogens is 436 g/mol. The second kappa shape index (κ2) is 12.2. The Morgan fingerprint density at radius 2 is 1.69 bits per heavy atom. The monoisotopic (exact) mass is 476 g/mol. The molecule has 1 aliphatic heterocycles. The minimum Gasteiger partial charge on any atom is -0.493 e. The Kier molecular flexibility index (Phi) is 8.84. The van der Waals surface area contributed by atoms with Crippen LogP contribution >= 0.6 is 0 Å². The number of rotatable bonds is 10. The third-order valence-electron chi connectivity index (χ3n) is 7.76. The third-order valence-corrected chi connectivity index (χ3v) is 7.76. The first-order valence-electron chi connectivity index (χ1n) is 13.3. The number of amides is 2. The smallest absolute Gasteiger partial charge is 0.223 e. The molecule has 4 rings (SSSR count). The highest BCUT2D eigenvalue weighted by molar-refractivity contribution is 5.78. The van der Waals surface area contributed by atoms with E-state index in [1.54, 1.807) is 4.90 Å². The van der Waals surface area contributed by atoms with Crippen LogP contribution in [-0.4, -0.2) is 48.4 Å². The van der Waals surface area contributed by atoms with Gasteiger partial charge in [-0.1, -0.05) is 74.2 Å². The maximum absolute atomic E-state index is 13.4. The molecule has 1 atom stereocenters. The van der Waals surface area contributed by atoms with Crippen LogP contribution in [0.4, 0.5) is 0 Å². The van der Waals surface area contributed by atoms with Gasteiger partial charge in [-0.2, -0.15) is 0 Å². The van der Waals surface area contributed by atoms with E-state index in [0.717, 1.165) is 37.1 Å². The quantitative estimate of drug-likeness (QED) is 0.442. The summed E-state index contributed by atoms with van der Waals surface area (Å²) in [7, 11) is 1.87. The lowest BCUT2D eigenvalue weighted by atomic mass is 9.77. The van der Waals surface area contributed by atoms with Crippen LogP contribution in [0.1, 0.15) is 63.4 Å². The van der Waals surface area contributed by atoms with Gasteiger partial charge < -0.3 is 14.5 Å². The summed E-state index contributed by atoms with van der Waals surface area (Å²) in [6, 6.07) is 19.9. The molecule has 188 valence electrons. The van der Waals surface area contributed by atoms with Gasteiger partial charge in [-0.15, -0.1) is 0 Å². The highest BCUT2D eigenvalue weighted by Gasteiger charge is 2.40. The number of carbonyl (C=O) groups is 2. The molecule has 5 nitrogen and oxygen atoms in total. The van der Waals surface area contributed by atoms with Crippen LogP contribution in [0.2, 0.25) is 0 Å². The summed E-state index contributed by atoms with van der Waals surface area (Å²) in [6.07, 6.45) is 8.95. The van der Waals surface area contributed by atoms with Crippen molar-refractivity contribution in [3.8, 4) is 5.75 Å². The molecule has 2 aliphatic rings. The van der Waals surface area contributed by atoms with Crippen molar-refractivity contribution in [3.63, 3.8) is 0 Å². The number of benzene rings is 2. The second-order valence-electron chi connectivity index (χ2n) is 10.6. The Labute approximate surface area is 210 Å². The molecule has 1 heterocycles. The lowest BCUT2D eigenvalue weighted by molar-refractivity contribution is -0.141. The predicted octanol–water partition coefficient (Wildman–Crippen LogP) is 5.69. The fraction of sp³-hybridized carbons (Fsp3) is 0.533. The standard InChI is InChI=1S/C30H40N2O3/c1-31(22-26-13-4-2-5-14-26)29(34)21-30(24-35-27-15-6-3-7-16-27)19-10-20-32(23-30)28(33)18-17-25-11-8-9-12-25/h2-7,13-16,25H,8-12,17-24H2,1H3/t30-/m0/s1. The van der Waals surface area contributed by atoms with E-state index in [2.05, 4.69) is 0 Å². The van der Waals surface area contributed by atoms with Crippen molar-refractivity contribution >= 4 is 11.8 Å². The van der Waals surface area contributed by atoms with Gasteiger partial charge in [0.15, 0.2) is 0 Å². The molecule has 1 saturated carbocycles. The van der Waals surface area contributed by atoms with Crippen molar-refractivity contribution in [1.82, 2.24) is 9.80 Å².